The van der Waals surface area contributed by atoms with Crippen molar-refractivity contribution in [3.8, 4) is 0 Å². The van der Waals surface area contributed by atoms with Gasteiger partial charge in [0.1, 0.15) is 5.72 Å². The van der Waals surface area contributed by atoms with Crippen molar-refractivity contribution in [1.29, 1.82) is 0 Å². The van der Waals surface area contributed by atoms with E-state index in [-0.39, 0.29) is 6.10 Å². The zero-order valence-electron chi connectivity index (χ0n) is 10.3. The van der Waals surface area contributed by atoms with Crippen LogP contribution in [0.25, 0.3) is 0 Å². The maximum Gasteiger partial charge on any atom is 0.140 e. The highest BCUT2D eigenvalue weighted by molar-refractivity contribution is 5.48. The van der Waals surface area contributed by atoms with E-state index < -0.39 is 5.72 Å². The molecule has 1 aromatic carbocycles. The smallest absolute Gasteiger partial charge is 0.140 e. The van der Waals surface area contributed by atoms with Crippen molar-refractivity contribution < 1.29 is 10.2 Å². The summed E-state index contributed by atoms with van der Waals surface area (Å²) in [6.07, 6.45) is 2.38. The molecule has 94 valence electrons. The first-order valence-electron chi connectivity index (χ1n) is 6.39. The van der Waals surface area contributed by atoms with Gasteiger partial charge >= 0.3 is 0 Å². The molecule has 17 heavy (non-hydrogen) atoms. The SMILES string of the molecule is CCCC1(O)CC(O)CCN1c1ccccc1. The van der Waals surface area contributed by atoms with Crippen molar-refractivity contribution in [2.45, 2.75) is 44.4 Å². The lowest BCUT2D eigenvalue weighted by Crippen LogP contribution is -2.55. The van der Waals surface area contributed by atoms with Gasteiger partial charge in [0, 0.05) is 18.7 Å². The normalized spacial score (nSPS) is 29.4. The van der Waals surface area contributed by atoms with Gasteiger partial charge in [0.2, 0.25) is 0 Å². The Labute approximate surface area is 103 Å². The second-order valence-electron chi connectivity index (χ2n) is 4.87. The number of hydrogen-bond acceptors (Lipinski definition) is 3. The van der Waals surface area contributed by atoms with Crippen molar-refractivity contribution in [3.05, 3.63) is 30.3 Å². The fourth-order valence-corrected chi connectivity index (χ4v) is 2.69. The van der Waals surface area contributed by atoms with Crippen molar-refractivity contribution in [3.63, 3.8) is 0 Å². The van der Waals surface area contributed by atoms with Gasteiger partial charge in [-0.2, -0.15) is 0 Å². The summed E-state index contributed by atoms with van der Waals surface area (Å²) in [6, 6.07) is 9.96. The second-order valence-corrected chi connectivity index (χ2v) is 4.87. The molecule has 0 radical (unpaired) electrons. The lowest BCUT2D eigenvalue weighted by atomic mass is 9.91. The molecule has 0 spiro atoms. The molecule has 0 aliphatic carbocycles. The molecule has 0 saturated carbocycles. The standard InChI is InChI=1S/C14H21NO2/c1-2-9-14(17)11-13(16)8-10-15(14)12-6-4-3-5-7-12/h3-7,13,16-17H,2,8-11H2,1H3. The van der Waals surface area contributed by atoms with Gasteiger partial charge in [-0.15, -0.1) is 0 Å². The molecule has 1 saturated heterocycles. The van der Waals surface area contributed by atoms with Crippen LogP contribution in [0.3, 0.4) is 0 Å². The quantitative estimate of drug-likeness (QED) is 0.843. The third-order valence-electron chi connectivity index (χ3n) is 3.47. The first kappa shape index (κ1) is 12.4. The average Bonchev–Trinajstić information content (AvgIpc) is 2.30. The Bertz CT molecular complexity index is 354. The van der Waals surface area contributed by atoms with E-state index >= 15 is 0 Å². The Morgan fingerprint density at radius 2 is 2.06 bits per heavy atom. The average molecular weight is 235 g/mol. The van der Waals surface area contributed by atoms with Crippen LogP contribution >= 0.6 is 0 Å². The van der Waals surface area contributed by atoms with Crippen molar-refractivity contribution in [2.75, 3.05) is 11.4 Å². The monoisotopic (exact) mass is 235 g/mol. The lowest BCUT2D eigenvalue weighted by Gasteiger charge is -2.46. The van der Waals surface area contributed by atoms with Crippen LogP contribution in [0.4, 0.5) is 5.69 Å². The molecular formula is C14H21NO2. The van der Waals surface area contributed by atoms with Gasteiger partial charge in [-0.05, 0) is 25.0 Å². The van der Waals surface area contributed by atoms with Gasteiger partial charge in [0.25, 0.3) is 0 Å². The molecule has 0 aromatic heterocycles. The predicted octanol–water partition coefficient (Wildman–Crippen LogP) is 2.14. The third kappa shape index (κ3) is 2.61. The summed E-state index contributed by atoms with van der Waals surface area (Å²) >= 11 is 0. The lowest BCUT2D eigenvalue weighted by molar-refractivity contribution is -0.0417. The largest absolute Gasteiger partial charge is 0.393 e. The molecule has 2 N–H and O–H groups in total. The number of benzene rings is 1. The molecule has 0 bridgehead atoms. The topological polar surface area (TPSA) is 43.7 Å². The minimum absolute atomic E-state index is 0.383. The summed E-state index contributed by atoms with van der Waals surface area (Å²) in [6.45, 7) is 2.77. The van der Waals surface area contributed by atoms with Gasteiger partial charge in [-0.1, -0.05) is 31.5 Å². The summed E-state index contributed by atoms with van der Waals surface area (Å²) in [5, 5.41) is 20.5. The minimum Gasteiger partial charge on any atom is -0.393 e. The Morgan fingerprint density at radius 3 is 2.71 bits per heavy atom. The zero-order valence-corrected chi connectivity index (χ0v) is 10.3. The fourth-order valence-electron chi connectivity index (χ4n) is 2.69. The highest BCUT2D eigenvalue weighted by atomic mass is 16.3. The number of anilines is 1. The number of nitrogens with zero attached hydrogens (tertiary/aromatic N) is 1. The van der Waals surface area contributed by atoms with Gasteiger partial charge in [-0.3, -0.25) is 0 Å². The highest BCUT2D eigenvalue weighted by Crippen LogP contribution is 2.34. The van der Waals surface area contributed by atoms with E-state index in [1.54, 1.807) is 0 Å². The van der Waals surface area contributed by atoms with E-state index in [4.69, 9.17) is 0 Å². The van der Waals surface area contributed by atoms with Gasteiger partial charge < -0.3 is 15.1 Å². The van der Waals surface area contributed by atoms with E-state index in [0.29, 0.717) is 19.4 Å². The molecule has 0 amide bonds. The molecule has 1 aliphatic heterocycles. The summed E-state index contributed by atoms with van der Waals surface area (Å²) in [7, 11) is 0. The Kier molecular flexibility index (Phi) is 3.69. The zero-order chi connectivity index (χ0) is 12.3. The number of para-hydroxylation sites is 1. The number of hydrogen-bond donors (Lipinski definition) is 2. The number of piperidine rings is 1. The molecule has 3 heteroatoms. The summed E-state index contributed by atoms with van der Waals surface area (Å²) in [4.78, 5) is 2.03. The van der Waals surface area contributed by atoms with Crippen LogP contribution in [-0.2, 0) is 0 Å². The van der Waals surface area contributed by atoms with Crippen LogP contribution in [0.15, 0.2) is 30.3 Å². The highest BCUT2D eigenvalue weighted by Gasteiger charge is 2.39. The first-order valence-corrected chi connectivity index (χ1v) is 6.39. The van der Waals surface area contributed by atoms with Crippen molar-refractivity contribution in [1.82, 2.24) is 0 Å². The Balaban J connectivity index is 2.24. The summed E-state index contributed by atoms with van der Waals surface area (Å²) in [5.41, 5.74) is 0.142. The van der Waals surface area contributed by atoms with E-state index in [1.807, 2.05) is 35.2 Å². The van der Waals surface area contributed by atoms with Crippen molar-refractivity contribution >= 4 is 5.69 Å². The summed E-state index contributed by atoms with van der Waals surface area (Å²) in [5.74, 6) is 0. The maximum atomic E-state index is 10.7. The minimum atomic E-state index is -0.895. The fraction of sp³-hybridized carbons (Fsp3) is 0.571. The summed E-state index contributed by atoms with van der Waals surface area (Å²) < 4.78 is 0. The number of aliphatic hydroxyl groups is 2. The van der Waals surface area contributed by atoms with Gasteiger partial charge in [-0.25, -0.2) is 0 Å². The second kappa shape index (κ2) is 5.07. The van der Waals surface area contributed by atoms with Gasteiger partial charge in [0.05, 0.1) is 6.10 Å². The Hall–Kier alpha value is -1.06. The van der Waals surface area contributed by atoms with Crippen LogP contribution in [0, 0.1) is 0 Å². The third-order valence-corrected chi connectivity index (χ3v) is 3.47. The molecule has 2 rings (SSSR count). The Morgan fingerprint density at radius 1 is 1.35 bits per heavy atom. The molecule has 3 nitrogen and oxygen atoms in total. The van der Waals surface area contributed by atoms with E-state index in [9.17, 15) is 10.2 Å². The molecule has 2 unspecified atom stereocenters. The molecule has 1 aromatic rings. The van der Waals surface area contributed by atoms with E-state index in [0.717, 1.165) is 18.5 Å². The van der Waals surface area contributed by atoms with Crippen LogP contribution in [-0.4, -0.2) is 28.6 Å². The molecule has 1 aliphatic rings. The molecular weight excluding hydrogens is 214 g/mol. The first-order chi connectivity index (χ1) is 8.15. The molecule has 1 heterocycles. The van der Waals surface area contributed by atoms with Gasteiger partial charge in [0.15, 0.2) is 0 Å². The van der Waals surface area contributed by atoms with Crippen LogP contribution in [0.2, 0.25) is 0 Å². The number of rotatable bonds is 3. The van der Waals surface area contributed by atoms with E-state index in [1.165, 1.54) is 0 Å². The van der Waals surface area contributed by atoms with Crippen LogP contribution in [0.1, 0.15) is 32.6 Å². The van der Waals surface area contributed by atoms with Crippen LogP contribution < -0.4 is 4.90 Å². The van der Waals surface area contributed by atoms with Crippen molar-refractivity contribution in [2.24, 2.45) is 0 Å². The van der Waals surface area contributed by atoms with Crippen LogP contribution in [0.5, 0.6) is 0 Å². The molecule has 1 fully saturated rings. The molecule has 2 atom stereocenters. The van der Waals surface area contributed by atoms with E-state index in [2.05, 4.69) is 6.92 Å². The number of aliphatic hydroxyl groups excluding tert-OH is 1. The predicted molar refractivity (Wildman–Crippen MR) is 68.9 cm³/mol. The maximum absolute atomic E-state index is 10.7.